The molecular formula is C23H28FN3O2. The Kier molecular flexibility index (Phi) is 5.69. The van der Waals surface area contributed by atoms with E-state index >= 15 is 0 Å². The van der Waals surface area contributed by atoms with Crippen LogP contribution in [0.3, 0.4) is 0 Å². The highest BCUT2D eigenvalue weighted by molar-refractivity contribution is 6.01. The van der Waals surface area contributed by atoms with Gasteiger partial charge in [0.2, 0.25) is 0 Å². The van der Waals surface area contributed by atoms with Crippen molar-refractivity contribution in [3.63, 3.8) is 0 Å². The van der Waals surface area contributed by atoms with E-state index < -0.39 is 6.17 Å². The first-order valence-electron chi connectivity index (χ1n) is 10.6. The smallest absolute Gasteiger partial charge is 0.270 e. The summed E-state index contributed by atoms with van der Waals surface area (Å²) in [6.07, 6.45) is 2.99. The number of benzene rings is 1. The van der Waals surface area contributed by atoms with Crippen molar-refractivity contribution in [2.24, 2.45) is 0 Å². The number of aromatic nitrogens is 1. The van der Waals surface area contributed by atoms with Gasteiger partial charge < -0.3 is 14.8 Å². The fourth-order valence-electron chi connectivity index (χ4n) is 4.46. The standard InChI is InChI=1S/C23H28FN3O2/c1-2-19(16-8-4-3-5-9-16)25-22(28)18-14-21(27-12-7-6-10-20(18)27)23(29)26-13-11-17(24)15-26/h3-5,8-9,14,17,19H,2,6-7,10-13,15H2,1H3,(H,25,28)/t17-,19+/m0/s1. The number of carbonyl (C=O) groups excluding carboxylic acids is 2. The number of amides is 2. The van der Waals surface area contributed by atoms with Crippen LogP contribution in [0.5, 0.6) is 0 Å². The number of hydrogen-bond acceptors (Lipinski definition) is 2. The molecule has 3 heterocycles. The summed E-state index contributed by atoms with van der Waals surface area (Å²) >= 11 is 0. The van der Waals surface area contributed by atoms with E-state index in [4.69, 9.17) is 0 Å². The minimum atomic E-state index is -0.950. The number of rotatable bonds is 5. The summed E-state index contributed by atoms with van der Waals surface area (Å²) in [4.78, 5) is 27.7. The molecule has 0 saturated carbocycles. The van der Waals surface area contributed by atoms with Crippen LogP contribution in [0.1, 0.15) is 70.8 Å². The average Bonchev–Trinajstić information content (AvgIpc) is 3.36. The Morgan fingerprint density at radius 3 is 2.69 bits per heavy atom. The average molecular weight is 397 g/mol. The van der Waals surface area contributed by atoms with Gasteiger partial charge in [-0.15, -0.1) is 0 Å². The molecule has 1 N–H and O–H groups in total. The fourth-order valence-corrected chi connectivity index (χ4v) is 4.46. The number of hydrogen-bond donors (Lipinski definition) is 1. The quantitative estimate of drug-likeness (QED) is 0.832. The normalized spacial score (nSPS) is 19.7. The zero-order valence-corrected chi connectivity index (χ0v) is 16.9. The van der Waals surface area contributed by atoms with Crippen LogP contribution in [0.25, 0.3) is 0 Å². The summed E-state index contributed by atoms with van der Waals surface area (Å²) < 4.78 is 15.6. The Balaban J connectivity index is 1.61. The summed E-state index contributed by atoms with van der Waals surface area (Å²) in [5.74, 6) is -0.308. The highest BCUT2D eigenvalue weighted by atomic mass is 19.1. The lowest BCUT2D eigenvalue weighted by molar-refractivity contribution is 0.0770. The second-order valence-corrected chi connectivity index (χ2v) is 7.98. The largest absolute Gasteiger partial charge is 0.345 e. The molecule has 0 spiro atoms. The van der Waals surface area contributed by atoms with Crippen LogP contribution in [-0.4, -0.2) is 40.5 Å². The summed E-state index contributed by atoms with van der Waals surface area (Å²) in [7, 11) is 0. The van der Waals surface area contributed by atoms with Crippen molar-refractivity contribution >= 4 is 11.8 Å². The first-order chi connectivity index (χ1) is 14.1. The molecule has 1 saturated heterocycles. The van der Waals surface area contributed by atoms with Crippen molar-refractivity contribution in [3.05, 3.63) is 58.9 Å². The van der Waals surface area contributed by atoms with E-state index in [0.717, 1.165) is 43.5 Å². The molecule has 2 aliphatic heterocycles. The minimum Gasteiger partial charge on any atom is -0.345 e. The molecule has 1 aromatic carbocycles. The number of carbonyl (C=O) groups is 2. The van der Waals surface area contributed by atoms with Crippen LogP contribution in [0, 0.1) is 0 Å². The van der Waals surface area contributed by atoms with E-state index in [2.05, 4.69) is 5.32 Å². The lowest BCUT2D eigenvalue weighted by atomic mass is 10.0. The molecule has 154 valence electrons. The van der Waals surface area contributed by atoms with Gasteiger partial charge in [0.05, 0.1) is 18.2 Å². The van der Waals surface area contributed by atoms with E-state index in [-0.39, 0.29) is 24.4 Å². The topological polar surface area (TPSA) is 54.3 Å². The van der Waals surface area contributed by atoms with Gasteiger partial charge in [-0.1, -0.05) is 37.3 Å². The van der Waals surface area contributed by atoms with Gasteiger partial charge >= 0.3 is 0 Å². The van der Waals surface area contributed by atoms with Gasteiger partial charge in [-0.05, 0) is 43.7 Å². The molecule has 6 heteroatoms. The molecule has 4 rings (SSSR count). The van der Waals surface area contributed by atoms with E-state index in [9.17, 15) is 14.0 Å². The predicted octanol–water partition coefficient (Wildman–Crippen LogP) is 3.89. The van der Waals surface area contributed by atoms with Crippen LogP contribution < -0.4 is 5.32 Å². The van der Waals surface area contributed by atoms with E-state index in [1.165, 1.54) is 0 Å². The number of fused-ring (bicyclic) bond motifs is 1. The van der Waals surface area contributed by atoms with Crippen molar-refractivity contribution in [2.75, 3.05) is 13.1 Å². The van der Waals surface area contributed by atoms with Gasteiger partial charge in [0, 0.05) is 18.8 Å². The third kappa shape index (κ3) is 3.93. The SMILES string of the molecule is CC[C@@H](NC(=O)c1cc(C(=O)N2CC[C@H](F)C2)n2c1CCCC2)c1ccccc1. The van der Waals surface area contributed by atoms with Gasteiger partial charge in [-0.25, -0.2) is 4.39 Å². The molecule has 29 heavy (non-hydrogen) atoms. The molecule has 1 fully saturated rings. The molecule has 2 aromatic rings. The van der Waals surface area contributed by atoms with Gasteiger partial charge in [-0.3, -0.25) is 9.59 Å². The lowest BCUT2D eigenvalue weighted by Crippen LogP contribution is -2.31. The van der Waals surface area contributed by atoms with Crippen molar-refractivity contribution in [2.45, 2.75) is 57.8 Å². The summed E-state index contributed by atoms with van der Waals surface area (Å²) in [6, 6.07) is 11.6. The molecule has 0 aliphatic carbocycles. The zero-order chi connectivity index (χ0) is 20.4. The minimum absolute atomic E-state index is 0.0760. The van der Waals surface area contributed by atoms with Crippen LogP contribution in [0.2, 0.25) is 0 Å². The molecule has 2 aliphatic rings. The van der Waals surface area contributed by atoms with Crippen molar-refractivity contribution < 1.29 is 14.0 Å². The highest BCUT2D eigenvalue weighted by Crippen LogP contribution is 2.27. The maximum Gasteiger partial charge on any atom is 0.270 e. The molecule has 0 unspecified atom stereocenters. The predicted molar refractivity (Wildman–Crippen MR) is 110 cm³/mol. The van der Waals surface area contributed by atoms with Crippen LogP contribution in [0.15, 0.2) is 36.4 Å². The zero-order valence-electron chi connectivity index (χ0n) is 16.9. The second kappa shape index (κ2) is 8.39. The number of halogens is 1. The van der Waals surface area contributed by atoms with E-state index in [0.29, 0.717) is 24.2 Å². The van der Waals surface area contributed by atoms with Gasteiger partial charge in [0.25, 0.3) is 11.8 Å². The first-order valence-corrected chi connectivity index (χ1v) is 10.6. The number of nitrogens with one attached hydrogen (secondary N) is 1. The molecule has 2 amide bonds. The van der Waals surface area contributed by atoms with Gasteiger partial charge in [0.15, 0.2) is 0 Å². The molecule has 2 atom stereocenters. The Labute approximate surface area is 170 Å². The number of alkyl halides is 1. The summed E-state index contributed by atoms with van der Waals surface area (Å²) in [6.45, 7) is 3.36. The Morgan fingerprint density at radius 2 is 2.00 bits per heavy atom. The van der Waals surface area contributed by atoms with Gasteiger partial charge in [-0.2, -0.15) is 0 Å². The maximum atomic E-state index is 13.6. The molecule has 0 radical (unpaired) electrons. The third-order valence-corrected chi connectivity index (χ3v) is 6.05. The van der Waals surface area contributed by atoms with E-state index in [1.54, 1.807) is 11.0 Å². The molecule has 0 bridgehead atoms. The summed E-state index contributed by atoms with van der Waals surface area (Å²) in [5, 5.41) is 3.14. The van der Waals surface area contributed by atoms with Crippen LogP contribution >= 0.6 is 0 Å². The van der Waals surface area contributed by atoms with Crippen LogP contribution in [0.4, 0.5) is 4.39 Å². The molecule has 5 nitrogen and oxygen atoms in total. The maximum absolute atomic E-state index is 13.6. The fraction of sp³-hybridized carbons (Fsp3) is 0.478. The second-order valence-electron chi connectivity index (χ2n) is 7.98. The third-order valence-electron chi connectivity index (χ3n) is 6.05. The van der Waals surface area contributed by atoms with Gasteiger partial charge in [0.1, 0.15) is 11.9 Å². The van der Waals surface area contributed by atoms with Crippen molar-refractivity contribution in [3.8, 4) is 0 Å². The summed E-state index contributed by atoms with van der Waals surface area (Å²) in [5.41, 5.74) is 3.10. The Hall–Kier alpha value is -2.63. The number of nitrogens with zero attached hydrogens (tertiary/aromatic N) is 2. The van der Waals surface area contributed by atoms with Crippen molar-refractivity contribution in [1.82, 2.24) is 14.8 Å². The lowest BCUT2D eigenvalue weighted by Gasteiger charge is -2.22. The molecule has 1 aromatic heterocycles. The Morgan fingerprint density at radius 1 is 1.21 bits per heavy atom. The first kappa shape index (κ1) is 19.7. The van der Waals surface area contributed by atoms with Crippen LogP contribution in [-0.2, 0) is 13.0 Å². The monoisotopic (exact) mass is 397 g/mol. The van der Waals surface area contributed by atoms with Crippen molar-refractivity contribution in [1.29, 1.82) is 0 Å². The van der Waals surface area contributed by atoms with E-state index in [1.807, 2.05) is 41.8 Å². The highest BCUT2D eigenvalue weighted by Gasteiger charge is 2.32. The molecular weight excluding hydrogens is 369 g/mol. The number of likely N-dealkylation sites (tertiary alicyclic amines) is 1. The Bertz CT molecular complexity index is 893.